The van der Waals surface area contributed by atoms with Gasteiger partial charge in [0.2, 0.25) is 5.95 Å². The first-order chi connectivity index (χ1) is 13.8. The zero-order valence-electron chi connectivity index (χ0n) is 15.9. The number of rotatable bonds is 2. The summed E-state index contributed by atoms with van der Waals surface area (Å²) in [6.07, 6.45) is 6.41. The highest BCUT2D eigenvalue weighted by Gasteiger charge is 2.41. The van der Waals surface area contributed by atoms with Gasteiger partial charge in [0.05, 0.1) is 17.1 Å². The number of piperazine rings is 1. The van der Waals surface area contributed by atoms with Gasteiger partial charge in [0.1, 0.15) is 0 Å². The lowest BCUT2D eigenvalue weighted by Gasteiger charge is -2.40. The largest absolute Gasteiger partial charge is 0.370 e. The number of thiophene rings is 1. The van der Waals surface area contributed by atoms with Crippen molar-refractivity contribution < 1.29 is 9.53 Å². The van der Waals surface area contributed by atoms with Crippen molar-refractivity contribution >= 4 is 23.2 Å². The van der Waals surface area contributed by atoms with Gasteiger partial charge < -0.3 is 19.9 Å². The van der Waals surface area contributed by atoms with Gasteiger partial charge in [0.15, 0.2) is 0 Å². The van der Waals surface area contributed by atoms with Gasteiger partial charge in [0.25, 0.3) is 5.91 Å². The van der Waals surface area contributed by atoms with E-state index >= 15 is 0 Å². The van der Waals surface area contributed by atoms with Gasteiger partial charge in [-0.1, -0.05) is 0 Å². The number of ether oxygens (including phenoxy) is 1. The summed E-state index contributed by atoms with van der Waals surface area (Å²) in [7, 11) is 0. The molecule has 0 bridgehead atoms. The van der Waals surface area contributed by atoms with E-state index in [2.05, 4.69) is 26.3 Å². The van der Waals surface area contributed by atoms with Crippen LogP contribution in [0.15, 0.2) is 24.5 Å². The average molecular weight is 400 g/mol. The maximum absolute atomic E-state index is 13.2. The highest BCUT2D eigenvalue weighted by Crippen LogP contribution is 2.43. The molecule has 3 aliphatic rings. The summed E-state index contributed by atoms with van der Waals surface area (Å²) >= 11 is 1.67. The monoisotopic (exact) mass is 399 g/mol. The van der Waals surface area contributed by atoms with Gasteiger partial charge in [-0.05, 0) is 43.6 Å². The second kappa shape index (κ2) is 7.42. The fourth-order valence-electron chi connectivity index (χ4n) is 4.49. The van der Waals surface area contributed by atoms with Crippen LogP contribution in [0.2, 0.25) is 0 Å². The van der Waals surface area contributed by atoms with E-state index < -0.39 is 0 Å². The molecule has 7 nitrogen and oxygen atoms in total. The first-order valence-electron chi connectivity index (χ1n) is 10.0. The molecule has 0 aliphatic carbocycles. The zero-order valence-corrected chi connectivity index (χ0v) is 16.7. The third-order valence-corrected chi connectivity index (χ3v) is 7.21. The molecule has 1 spiro atoms. The Bertz CT molecular complexity index is 842. The van der Waals surface area contributed by atoms with Gasteiger partial charge >= 0.3 is 0 Å². The zero-order chi connectivity index (χ0) is 19.0. The number of piperidine rings is 1. The number of hydrogen-bond acceptors (Lipinski definition) is 7. The molecule has 2 aromatic heterocycles. The summed E-state index contributed by atoms with van der Waals surface area (Å²) in [6.45, 7) is 5.64. The van der Waals surface area contributed by atoms with E-state index in [0.29, 0.717) is 13.1 Å². The number of amides is 1. The van der Waals surface area contributed by atoms with Crippen molar-refractivity contribution in [3.8, 4) is 0 Å². The summed E-state index contributed by atoms with van der Waals surface area (Å²) in [6, 6.07) is 3.94. The van der Waals surface area contributed by atoms with E-state index in [1.54, 1.807) is 23.7 Å². The van der Waals surface area contributed by atoms with Gasteiger partial charge in [-0.25, -0.2) is 9.97 Å². The Morgan fingerprint density at radius 1 is 1.14 bits per heavy atom. The fraction of sp³-hybridized carbons (Fsp3) is 0.550. The van der Waals surface area contributed by atoms with Gasteiger partial charge in [-0.2, -0.15) is 0 Å². The molecule has 3 aliphatic heterocycles. The molecule has 0 radical (unpaired) electrons. The fourth-order valence-corrected chi connectivity index (χ4v) is 5.69. The molecule has 2 saturated heterocycles. The van der Waals surface area contributed by atoms with E-state index in [0.717, 1.165) is 62.9 Å². The molecule has 1 N–H and O–H groups in total. The molecule has 0 saturated carbocycles. The van der Waals surface area contributed by atoms with E-state index in [-0.39, 0.29) is 11.5 Å². The molecule has 5 rings (SSSR count). The highest BCUT2D eigenvalue weighted by atomic mass is 32.1. The molecule has 0 aromatic carbocycles. The molecule has 2 fully saturated rings. The van der Waals surface area contributed by atoms with Crippen molar-refractivity contribution in [3.05, 3.63) is 39.8 Å². The molecule has 1 amide bonds. The van der Waals surface area contributed by atoms with Crippen LogP contribution >= 0.6 is 11.3 Å². The third-order valence-electron chi connectivity index (χ3n) is 6.03. The van der Waals surface area contributed by atoms with Gasteiger partial charge in [-0.3, -0.25) is 4.79 Å². The number of carbonyl (C=O) groups excluding carboxylic acids is 1. The summed E-state index contributed by atoms with van der Waals surface area (Å²) in [5.41, 5.74) is 1.09. The van der Waals surface area contributed by atoms with Crippen LogP contribution in [-0.2, 0) is 16.8 Å². The van der Waals surface area contributed by atoms with Crippen LogP contribution in [0.25, 0.3) is 0 Å². The topological polar surface area (TPSA) is 70.6 Å². The number of aromatic nitrogens is 2. The van der Waals surface area contributed by atoms with Crippen LogP contribution < -0.4 is 10.2 Å². The Morgan fingerprint density at radius 2 is 1.89 bits per heavy atom. The maximum atomic E-state index is 13.2. The van der Waals surface area contributed by atoms with Crippen molar-refractivity contribution in [2.75, 3.05) is 50.8 Å². The second-order valence-corrected chi connectivity index (χ2v) is 8.76. The van der Waals surface area contributed by atoms with Crippen molar-refractivity contribution in [2.24, 2.45) is 0 Å². The maximum Gasteiger partial charge on any atom is 0.264 e. The predicted molar refractivity (Wildman–Crippen MR) is 108 cm³/mol. The minimum Gasteiger partial charge on any atom is -0.370 e. The van der Waals surface area contributed by atoms with Crippen LogP contribution in [0.4, 0.5) is 5.95 Å². The Labute approximate surface area is 168 Å². The normalized spacial score (nSPS) is 21.6. The molecular weight excluding hydrogens is 374 g/mol. The standard InChI is InChI=1S/C20H25N5O2S/c26-18(24-9-11-25(12-10-24)19-22-5-1-6-23-19)17-14-15-16(28-17)2-13-27-20(15)3-7-21-8-4-20/h1,5-6,14,21H,2-4,7-13H2. The molecule has 0 unspecified atom stereocenters. The molecule has 0 atom stereocenters. The van der Waals surface area contributed by atoms with Gasteiger partial charge in [-0.15, -0.1) is 11.3 Å². The van der Waals surface area contributed by atoms with Crippen LogP contribution in [-0.4, -0.2) is 66.7 Å². The van der Waals surface area contributed by atoms with E-state index in [4.69, 9.17) is 4.74 Å². The van der Waals surface area contributed by atoms with Crippen LogP contribution in [0.3, 0.4) is 0 Å². The minimum atomic E-state index is -0.183. The Hall–Kier alpha value is -2.03. The number of carbonyl (C=O) groups is 1. The van der Waals surface area contributed by atoms with E-state index in [1.807, 2.05) is 11.0 Å². The Morgan fingerprint density at radius 3 is 2.64 bits per heavy atom. The first kappa shape index (κ1) is 18.0. The Kier molecular flexibility index (Phi) is 4.78. The van der Waals surface area contributed by atoms with Crippen molar-refractivity contribution in [1.82, 2.24) is 20.2 Å². The molecule has 8 heteroatoms. The smallest absolute Gasteiger partial charge is 0.264 e. The highest BCUT2D eigenvalue weighted by molar-refractivity contribution is 7.14. The summed E-state index contributed by atoms with van der Waals surface area (Å²) in [5.74, 6) is 0.892. The van der Waals surface area contributed by atoms with Crippen molar-refractivity contribution in [2.45, 2.75) is 24.9 Å². The quantitative estimate of drug-likeness (QED) is 0.828. The van der Waals surface area contributed by atoms with Crippen LogP contribution in [0, 0.1) is 0 Å². The van der Waals surface area contributed by atoms with Gasteiger partial charge in [0, 0.05) is 49.9 Å². The molecule has 148 valence electrons. The summed E-state index contributed by atoms with van der Waals surface area (Å²) in [5, 5.41) is 3.42. The lowest BCUT2D eigenvalue weighted by atomic mass is 9.83. The molecule has 2 aromatic rings. The van der Waals surface area contributed by atoms with Crippen LogP contribution in [0.1, 0.15) is 33.0 Å². The average Bonchev–Trinajstić information content (AvgIpc) is 3.21. The van der Waals surface area contributed by atoms with E-state index in [9.17, 15) is 4.79 Å². The Balaban J connectivity index is 1.30. The molecular formula is C20H25N5O2S. The second-order valence-electron chi connectivity index (χ2n) is 7.62. The lowest BCUT2D eigenvalue weighted by molar-refractivity contribution is -0.0792. The number of nitrogens with zero attached hydrogens (tertiary/aromatic N) is 4. The lowest BCUT2D eigenvalue weighted by Crippen LogP contribution is -2.49. The number of nitrogens with one attached hydrogen (secondary N) is 1. The van der Waals surface area contributed by atoms with Crippen molar-refractivity contribution in [1.29, 1.82) is 0 Å². The summed E-state index contributed by atoms with van der Waals surface area (Å²) < 4.78 is 6.26. The minimum absolute atomic E-state index is 0.150. The summed E-state index contributed by atoms with van der Waals surface area (Å²) in [4.78, 5) is 28.1. The van der Waals surface area contributed by atoms with Crippen LogP contribution in [0.5, 0.6) is 0 Å². The first-order valence-corrected chi connectivity index (χ1v) is 10.9. The van der Waals surface area contributed by atoms with Crippen molar-refractivity contribution in [3.63, 3.8) is 0 Å². The predicted octanol–water partition coefficient (Wildman–Crippen LogP) is 1.65. The number of anilines is 1. The molecule has 5 heterocycles. The SMILES string of the molecule is O=C(c1cc2c(s1)CCOC21CCNCC1)N1CCN(c2ncccn2)CC1. The van der Waals surface area contributed by atoms with E-state index in [1.165, 1.54) is 10.4 Å². The third kappa shape index (κ3) is 3.19. The number of hydrogen-bond donors (Lipinski definition) is 1. The molecule has 28 heavy (non-hydrogen) atoms. The number of fused-ring (bicyclic) bond motifs is 2.